The van der Waals surface area contributed by atoms with E-state index in [1.807, 2.05) is 0 Å². The van der Waals surface area contributed by atoms with Crippen LogP contribution in [0.2, 0.25) is 0 Å². The van der Waals surface area contributed by atoms with Gasteiger partial charge in [-0.15, -0.1) is 0 Å². The average Bonchev–Trinajstić information content (AvgIpc) is 2.61. The second-order valence-electron chi connectivity index (χ2n) is 6.48. The van der Waals surface area contributed by atoms with Gasteiger partial charge in [-0.2, -0.15) is 16.8 Å². The second-order valence-corrected chi connectivity index (χ2v) is 9.32. The first kappa shape index (κ1) is 23.6. The van der Waals surface area contributed by atoms with Gasteiger partial charge in [-0.3, -0.25) is 9.11 Å². The van der Waals surface area contributed by atoms with Crippen LogP contribution in [0.15, 0.2) is 34.1 Å². The highest BCUT2D eigenvalue weighted by atomic mass is 32.2. The fraction of sp³-hybridized carbons (Fsp3) is 0.278. The summed E-state index contributed by atoms with van der Waals surface area (Å²) in [6, 6.07) is 4.24. The third-order valence-corrected chi connectivity index (χ3v) is 5.93. The van der Waals surface area contributed by atoms with E-state index >= 15 is 0 Å². The molecule has 0 aromatic heterocycles. The van der Waals surface area contributed by atoms with Crippen molar-refractivity contribution in [2.75, 3.05) is 6.61 Å². The number of aliphatic carboxylic acids is 1. The van der Waals surface area contributed by atoms with E-state index in [-0.39, 0.29) is 46.6 Å². The SMILES string of the molecule is CCc1cc(S(=O)(=O)O)cc(Cc2cc(S(=O)(=O)O)cc(C)c2O)c1OCC(=O)O. The quantitative estimate of drug-likeness (QED) is 0.425. The molecule has 0 saturated carbocycles. The summed E-state index contributed by atoms with van der Waals surface area (Å²) in [7, 11) is -9.21. The maximum atomic E-state index is 11.6. The normalized spacial score (nSPS) is 12.0. The standard InChI is InChI=1S/C18H20O10S2/c1-3-11-6-15(30(25,26)27)8-13(18(11)28-9-16(19)20)5-12-7-14(29(22,23)24)4-10(2)17(12)21/h4,6-8,21H,3,5,9H2,1-2H3,(H,19,20)(H,22,23,24)(H,25,26,27). The van der Waals surface area contributed by atoms with Gasteiger partial charge in [0.1, 0.15) is 11.5 Å². The molecular formula is C18H20O10S2. The molecular weight excluding hydrogens is 440 g/mol. The molecule has 0 aliphatic carbocycles. The third kappa shape index (κ3) is 5.48. The van der Waals surface area contributed by atoms with Gasteiger partial charge < -0.3 is 14.9 Å². The molecule has 0 radical (unpaired) electrons. The van der Waals surface area contributed by atoms with Crippen molar-refractivity contribution in [3.05, 3.63) is 46.5 Å². The minimum absolute atomic E-state index is 0.0114. The van der Waals surface area contributed by atoms with Gasteiger partial charge in [0.15, 0.2) is 6.61 Å². The van der Waals surface area contributed by atoms with Crippen molar-refractivity contribution in [2.45, 2.75) is 36.5 Å². The van der Waals surface area contributed by atoms with Crippen molar-refractivity contribution in [2.24, 2.45) is 0 Å². The zero-order valence-corrected chi connectivity index (χ0v) is 17.6. The number of carbonyl (C=O) groups is 1. The first-order valence-corrected chi connectivity index (χ1v) is 11.4. The zero-order valence-electron chi connectivity index (χ0n) is 16.0. The smallest absolute Gasteiger partial charge is 0.341 e. The molecule has 2 aromatic rings. The highest BCUT2D eigenvalue weighted by Crippen LogP contribution is 2.34. The number of ether oxygens (including phenoxy) is 1. The molecule has 0 amide bonds. The summed E-state index contributed by atoms with van der Waals surface area (Å²) in [4.78, 5) is 9.97. The van der Waals surface area contributed by atoms with Crippen LogP contribution in [0.5, 0.6) is 11.5 Å². The van der Waals surface area contributed by atoms with Crippen LogP contribution in [0, 0.1) is 6.92 Å². The Morgan fingerprint density at radius 2 is 1.43 bits per heavy atom. The van der Waals surface area contributed by atoms with E-state index < -0.39 is 42.6 Å². The Morgan fingerprint density at radius 3 is 1.93 bits per heavy atom. The van der Waals surface area contributed by atoms with Gasteiger partial charge in [0.05, 0.1) is 9.79 Å². The van der Waals surface area contributed by atoms with Gasteiger partial charge in [-0.25, -0.2) is 4.79 Å². The van der Waals surface area contributed by atoms with E-state index in [0.717, 1.165) is 24.3 Å². The molecule has 0 spiro atoms. The summed E-state index contributed by atoms with van der Waals surface area (Å²) in [6.45, 7) is 2.32. The largest absolute Gasteiger partial charge is 0.507 e. The molecule has 0 aliphatic rings. The topological polar surface area (TPSA) is 175 Å². The number of rotatable bonds is 8. The van der Waals surface area contributed by atoms with Crippen molar-refractivity contribution >= 4 is 26.2 Å². The Hall–Kier alpha value is -2.67. The molecule has 0 bridgehead atoms. The van der Waals surface area contributed by atoms with Crippen molar-refractivity contribution < 1.29 is 45.7 Å². The fourth-order valence-corrected chi connectivity index (χ4v) is 4.09. The van der Waals surface area contributed by atoms with Crippen LogP contribution in [0.3, 0.4) is 0 Å². The van der Waals surface area contributed by atoms with Crippen LogP contribution in [0.1, 0.15) is 29.2 Å². The first-order valence-electron chi connectivity index (χ1n) is 8.51. The number of aromatic hydroxyl groups is 1. The lowest BCUT2D eigenvalue weighted by Gasteiger charge is -2.17. The third-order valence-electron chi connectivity index (χ3n) is 4.27. The van der Waals surface area contributed by atoms with E-state index in [9.17, 15) is 35.8 Å². The predicted octanol–water partition coefficient (Wildman–Crippen LogP) is 1.81. The molecule has 4 N–H and O–H groups in total. The molecule has 0 fully saturated rings. The van der Waals surface area contributed by atoms with Crippen LogP contribution in [-0.4, -0.2) is 48.7 Å². The van der Waals surface area contributed by atoms with Crippen LogP contribution in [0.4, 0.5) is 0 Å². The molecule has 0 aliphatic heterocycles. The molecule has 0 heterocycles. The highest BCUT2D eigenvalue weighted by molar-refractivity contribution is 7.86. The molecule has 0 unspecified atom stereocenters. The number of carboxylic acid groups (broad SMARTS) is 1. The lowest BCUT2D eigenvalue weighted by atomic mass is 9.98. The highest BCUT2D eigenvalue weighted by Gasteiger charge is 2.21. The van der Waals surface area contributed by atoms with Gasteiger partial charge in [-0.05, 0) is 48.7 Å². The number of hydrogen-bond acceptors (Lipinski definition) is 7. The molecule has 164 valence electrons. The Morgan fingerprint density at radius 1 is 0.933 bits per heavy atom. The summed E-state index contributed by atoms with van der Waals surface area (Å²) in [6.07, 6.45) is -0.0529. The van der Waals surface area contributed by atoms with Crippen LogP contribution >= 0.6 is 0 Å². The molecule has 30 heavy (non-hydrogen) atoms. The lowest BCUT2D eigenvalue weighted by molar-refractivity contribution is -0.139. The summed E-state index contributed by atoms with van der Waals surface area (Å²) in [5, 5.41) is 19.2. The van der Waals surface area contributed by atoms with E-state index in [0.29, 0.717) is 0 Å². The van der Waals surface area contributed by atoms with Gasteiger partial charge in [-0.1, -0.05) is 6.92 Å². The molecule has 2 rings (SSSR count). The Labute approximate surface area is 173 Å². The van der Waals surface area contributed by atoms with Crippen LogP contribution in [0.25, 0.3) is 0 Å². The van der Waals surface area contributed by atoms with Crippen molar-refractivity contribution in [3.63, 3.8) is 0 Å². The molecule has 2 aromatic carbocycles. The van der Waals surface area contributed by atoms with Gasteiger partial charge in [0.25, 0.3) is 20.2 Å². The first-order chi connectivity index (χ1) is 13.7. The van der Waals surface area contributed by atoms with Gasteiger partial charge >= 0.3 is 5.97 Å². The summed E-state index contributed by atoms with van der Waals surface area (Å²) in [5.41, 5.74) is 0.515. The van der Waals surface area contributed by atoms with Crippen LogP contribution in [-0.2, 0) is 37.9 Å². The molecule has 0 saturated heterocycles. The van der Waals surface area contributed by atoms with Gasteiger partial charge in [0, 0.05) is 17.5 Å². The van der Waals surface area contributed by atoms with E-state index in [2.05, 4.69) is 0 Å². The number of benzene rings is 2. The second kappa shape index (κ2) is 8.60. The number of carboxylic acids is 1. The summed E-state index contributed by atoms with van der Waals surface area (Å²) < 4.78 is 70.4. The Bertz CT molecular complexity index is 1200. The van der Waals surface area contributed by atoms with Crippen LogP contribution < -0.4 is 4.74 Å². The van der Waals surface area contributed by atoms with Crippen molar-refractivity contribution in [1.82, 2.24) is 0 Å². The molecule has 12 heteroatoms. The number of phenols is 1. The molecule has 10 nitrogen and oxygen atoms in total. The predicted molar refractivity (Wildman–Crippen MR) is 104 cm³/mol. The van der Waals surface area contributed by atoms with Gasteiger partial charge in [0.2, 0.25) is 0 Å². The van der Waals surface area contributed by atoms with E-state index in [4.69, 9.17) is 9.84 Å². The number of hydrogen-bond donors (Lipinski definition) is 4. The summed E-state index contributed by atoms with van der Waals surface area (Å²) in [5.74, 6) is -1.56. The maximum absolute atomic E-state index is 11.6. The minimum atomic E-state index is -4.62. The maximum Gasteiger partial charge on any atom is 0.341 e. The Balaban J connectivity index is 2.73. The molecule has 0 atom stereocenters. The fourth-order valence-electron chi connectivity index (χ4n) is 2.89. The number of aryl methyl sites for hydroxylation is 2. The van der Waals surface area contributed by atoms with Crippen molar-refractivity contribution in [1.29, 1.82) is 0 Å². The van der Waals surface area contributed by atoms with Crippen molar-refractivity contribution in [3.8, 4) is 11.5 Å². The number of phenolic OH excluding ortho intramolecular Hbond substituents is 1. The average molecular weight is 460 g/mol. The monoisotopic (exact) mass is 460 g/mol. The summed E-state index contributed by atoms with van der Waals surface area (Å²) >= 11 is 0. The van der Waals surface area contributed by atoms with E-state index in [1.54, 1.807) is 6.92 Å². The minimum Gasteiger partial charge on any atom is -0.507 e. The lowest BCUT2D eigenvalue weighted by Crippen LogP contribution is -2.13. The van der Waals surface area contributed by atoms with E-state index in [1.165, 1.54) is 6.92 Å². The zero-order chi connectivity index (χ0) is 22.9. The Kier molecular flexibility index (Phi) is 6.76.